The summed E-state index contributed by atoms with van der Waals surface area (Å²) in [6.45, 7) is 2.56. The zero-order valence-electron chi connectivity index (χ0n) is 10.0. The van der Waals surface area contributed by atoms with Crippen molar-refractivity contribution >= 4 is 5.91 Å². The lowest BCUT2D eigenvalue weighted by Crippen LogP contribution is -2.30. The van der Waals surface area contributed by atoms with Gasteiger partial charge in [0.25, 0.3) is 0 Å². The van der Waals surface area contributed by atoms with Gasteiger partial charge in [-0.25, -0.2) is 0 Å². The third-order valence-electron chi connectivity index (χ3n) is 3.82. The molecule has 2 aliphatic rings. The summed E-state index contributed by atoms with van der Waals surface area (Å²) in [6.07, 6.45) is 0.504. The predicted octanol–water partition coefficient (Wildman–Crippen LogP) is 1.25. The van der Waals surface area contributed by atoms with Gasteiger partial charge in [-0.1, -0.05) is 6.07 Å². The van der Waals surface area contributed by atoms with Gasteiger partial charge in [-0.3, -0.25) is 4.79 Å². The fraction of sp³-hybridized carbons (Fsp3) is 0.462. The Hall–Kier alpha value is -1.55. The maximum Gasteiger partial charge on any atom is 0.224 e. The molecule has 0 spiro atoms. The number of rotatable bonds is 0. The fourth-order valence-corrected chi connectivity index (χ4v) is 2.79. The van der Waals surface area contributed by atoms with E-state index in [4.69, 9.17) is 0 Å². The number of carbonyl (C=O) groups excluding carboxylic acids is 1. The number of amides is 1. The molecule has 2 bridgehead atoms. The van der Waals surface area contributed by atoms with Gasteiger partial charge in [0.2, 0.25) is 5.91 Å². The minimum atomic E-state index is 0.103. The maximum absolute atomic E-state index is 11.8. The van der Waals surface area contributed by atoms with Crippen molar-refractivity contribution in [2.45, 2.75) is 25.4 Å². The zero-order valence-corrected chi connectivity index (χ0v) is 10.0. The lowest BCUT2D eigenvalue weighted by Gasteiger charge is -2.21. The normalized spacial score (nSPS) is 26.9. The van der Waals surface area contributed by atoms with E-state index in [1.165, 1.54) is 5.56 Å². The molecule has 2 atom stereocenters. The number of hydrogen-bond acceptors (Lipinski definition) is 3. The molecule has 90 valence electrons. The molecule has 1 aromatic rings. The molecule has 17 heavy (non-hydrogen) atoms. The summed E-state index contributed by atoms with van der Waals surface area (Å²) >= 11 is 0. The maximum atomic E-state index is 11.8. The van der Waals surface area contributed by atoms with Crippen molar-refractivity contribution in [1.29, 1.82) is 0 Å². The largest absolute Gasteiger partial charge is 0.508 e. The molecule has 3 rings (SSSR count). The monoisotopic (exact) mass is 232 g/mol. The number of carbonyl (C=O) groups is 1. The van der Waals surface area contributed by atoms with Crippen LogP contribution in [0, 0.1) is 6.92 Å². The van der Waals surface area contributed by atoms with Crippen molar-refractivity contribution in [2.24, 2.45) is 0 Å². The Bertz CT molecular complexity index is 498. The SMILES string of the molecule is Cc1cc2c(cc1O)C1CN(C)C(=O)CC2N1. The van der Waals surface area contributed by atoms with E-state index in [2.05, 4.69) is 5.32 Å². The van der Waals surface area contributed by atoms with Gasteiger partial charge in [0, 0.05) is 26.1 Å². The van der Waals surface area contributed by atoms with Gasteiger partial charge < -0.3 is 15.3 Å². The minimum absolute atomic E-state index is 0.103. The molecule has 1 aromatic carbocycles. The van der Waals surface area contributed by atoms with E-state index in [0.717, 1.165) is 11.1 Å². The van der Waals surface area contributed by atoms with Crippen LogP contribution in [-0.4, -0.2) is 29.5 Å². The Morgan fingerprint density at radius 2 is 2.06 bits per heavy atom. The van der Waals surface area contributed by atoms with Crippen LogP contribution in [0.3, 0.4) is 0 Å². The second-order valence-corrected chi connectivity index (χ2v) is 5.02. The fourth-order valence-electron chi connectivity index (χ4n) is 2.79. The number of benzene rings is 1. The van der Waals surface area contributed by atoms with Gasteiger partial charge in [-0.15, -0.1) is 0 Å². The van der Waals surface area contributed by atoms with Crippen LogP contribution in [0.15, 0.2) is 12.1 Å². The van der Waals surface area contributed by atoms with Gasteiger partial charge in [0.1, 0.15) is 5.75 Å². The Labute approximate surface area is 100 Å². The van der Waals surface area contributed by atoms with E-state index in [9.17, 15) is 9.90 Å². The second-order valence-electron chi connectivity index (χ2n) is 5.02. The van der Waals surface area contributed by atoms with Crippen molar-refractivity contribution in [3.8, 4) is 5.75 Å². The highest BCUT2D eigenvalue weighted by molar-refractivity contribution is 5.78. The minimum Gasteiger partial charge on any atom is -0.508 e. The number of likely N-dealkylation sites (N-methyl/N-ethyl adjacent to an activating group) is 1. The summed E-state index contributed by atoms with van der Waals surface area (Å²) in [7, 11) is 1.83. The lowest BCUT2D eigenvalue weighted by atomic mass is 9.95. The Morgan fingerprint density at radius 1 is 1.35 bits per heavy atom. The van der Waals surface area contributed by atoms with Crippen molar-refractivity contribution in [1.82, 2.24) is 10.2 Å². The molecule has 0 aromatic heterocycles. The summed E-state index contributed by atoms with van der Waals surface area (Å²) in [4.78, 5) is 13.6. The number of aromatic hydroxyl groups is 1. The van der Waals surface area contributed by atoms with Crippen molar-refractivity contribution in [3.63, 3.8) is 0 Å². The van der Waals surface area contributed by atoms with Gasteiger partial charge in [0.05, 0.1) is 6.04 Å². The van der Waals surface area contributed by atoms with Crippen LogP contribution < -0.4 is 5.32 Å². The van der Waals surface area contributed by atoms with Crippen molar-refractivity contribution < 1.29 is 9.90 Å². The first-order chi connectivity index (χ1) is 8.06. The molecule has 0 saturated carbocycles. The van der Waals surface area contributed by atoms with E-state index in [-0.39, 0.29) is 18.0 Å². The molecule has 1 fully saturated rings. The molecule has 2 aliphatic heterocycles. The number of phenols is 1. The van der Waals surface area contributed by atoms with Crippen molar-refractivity contribution in [2.75, 3.05) is 13.6 Å². The molecule has 2 unspecified atom stereocenters. The molecule has 1 saturated heterocycles. The molecule has 2 heterocycles. The zero-order chi connectivity index (χ0) is 12.2. The predicted molar refractivity (Wildman–Crippen MR) is 63.7 cm³/mol. The lowest BCUT2D eigenvalue weighted by molar-refractivity contribution is -0.129. The van der Waals surface area contributed by atoms with Crippen LogP contribution in [0.2, 0.25) is 0 Å². The average Bonchev–Trinajstić information content (AvgIpc) is 2.50. The summed E-state index contributed by atoms with van der Waals surface area (Å²) in [5.74, 6) is 0.520. The number of fused-ring (bicyclic) bond motifs is 5. The Kier molecular flexibility index (Phi) is 2.16. The van der Waals surface area contributed by atoms with Crippen LogP contribution in [-0.2, 0) is 4.79 Å². The highest BCUT2D eigenvalue weighted by Gasteiger charge is 2.36. The van der Waals surface area contributed by atoms with Crippen LogP contribution in [0.1, 0.15) is 35.2 Å². The van der Waals surface area contributed by atoms with Gasteiger partial charge in [0.15, 0.2) is 0 Å². The van der Waals surface area contributed by atoms with Crippen LogP contribution in [0.25, 0.3) is 0 Å². The highest BCUT2D eigenvalue weighted by Crippen LogP contribution is 2.40. The molecule has 0 radical (unpaired) electrons. The number of aryl methyl sites for hydroxylation is 1. The molecule has 0 aliphatic carbocycles. The molecule has 2 N–H and O–H groups in total. The summed E-state index contributed by atoms with van der Waals surface area (Å²) < 4.78 is 0. The molecular weight excluding hydrogens is 216 g/mol. The van der Waals surface area contributed by atoms with E-state index in [0.29, 0.717) is 18.7 Å². The van der Waals surface area contributed by atoms with Gasteiger partial charge in [-0.2, -0.15) is 0 Å². The molecule has 4 heteroatoms. The van der Waals surface area contributed by atoms with E-state index < -0.39 is 0 Å². The third-order valence-corrected chi connectivity index (χ3v) is 3.82. The van der Waals surface area contributed by atoms with Crippen LogP contribution in [0.5, 0.6) is 5.75 Å². The summed E-state index contributed by atoms with van der Waals surface area (Å²) in [5.41, 5.74) is 3.18. The van der Waals surface area contributed by atoms with Crippen LogP contribution in [0.4, 0.5) is 0 Å². The van der Waals surface area contributed by atoms with E-state index >= 15 is 0 Å². The topological polar surface area (TPSA) is 52.6 Å². The van der Waals surface area contributed by atoms with Crippen molar-refractivity contribution in [3.05, 3.63) is 28.8 Å². The number of hydrogen-bond donors (Lipinski definition) is 2. The number of phenolic OH excluding ortho intramolecular Hbond substituents is 1. The molecule has 1 amide bonds. The van der Waals surface area contributed by atoms with E-state index in [1.54, 1.807) is 4.90 Å². The smallest absolute Gasteiger partial charge is 0.224 e. The first-order valence-corrected chi connectivity index (χ1v) is 5.89. The molecular formula is C13H16N2O2. The van der Waals surface area contributed by atoms with Crippen LogP contribution >= 0.6 is 0 Å². The summed E-state index contributed by atoms with van der Waals surface area (Å²) in [5, 5.41) is 13.2. The Balaban J connectivity index is 2.09. The second kappa shape index (κ2) is 3.47. The van der Waals surface area contributed by atoms with Gasteiger partial charge >= 0.3 is 0 Å². The number of nitrogens with zero attached hydrogens (tertiary/aromatic N) is 1. The quantitative estimate of drug-likeness (QED) is 0.707. The average molecular weight is 232 g/mol. The molecule has 4 nitrogen and oxygen atoms in total. The Morgan fingerprint density at radius 3 is 2.82 bits per heavy atom. The van der Waals surface area contributed by atoms with E-state index in [1.807, 2.05) is 26.1 Å². The summed E-state index contributed by atoms with van der Waals surface area (Å²) in [6, 6.07) is 4.09. The first kappa shape index (κ1) is 10.6. The first-order valence-electron chi connectivity index (χ1n) is 5.89. The number of nitrogens with one attached hydrogen (secondary N) is 1. The standard InChI is InChI=1S/C13H16N2O2/c1-7-3-8-9(4-12(7)16)11-6-15(2)13(17)5-10(8)14-11/h3-4,10-11,14,16H,5-6H2,1-2H3. The highest BCUT2D eigenvalue weighted by atomic mass is 16.3. The van der Waals surface area contributed by atoms with Gasteiger partial charge in [-0.05, 0) is 29.7 Å². The third kappa shape index (κ3) is 1.52.